The highest BCUT2D eigenvalue weighted by Gasteiger charge is 2.42. The first-order valence-electron chi connectivity index (χ1n) is 13.0. The van der Waals surface area contributed by atoms with Crippen LogP contribution in [0.2, 0.25) is 0 Å². The molecule has 2 aromatic heterocycles. The molecule has 1 aliphatic carbocycles. The summed E-state index contributed by atoms with van der Waals surface area (Å²) >= 11 is 1.77. The first-order valence-corrected chi connectivity index (χ1v) is 13.9. The van der Waals surface area contributed by atoms with Crippen molar-refractivity contribution in [2.75, 3.05) is 6.54 Å². The molecule has 0 radical (unpaired) electrons. The zero-order chi connectivity index (χ0) is 22.9. The van der Waals surface area contributed by atoms with Crippen molar-refractivity contribution < 1.29 is 4.79 Å². The van der Waals surface area contributed by atoms with E-state index in [0.717, 1.165) is 37.5 Å². The van der Waals surface area contributed by atoms with Gasteiger partial charge in [-0.2, -0.15) is 0 Å². The predicted octanol–water partition coefficient (Wildman–Crippen LogP) is 5.38. The second-order valence-corrected chi connectivity index (χ2v) is 11.7. The topological polar surface area (TPSA) is 63.1 Å². The van der Waals surface area contributed by atoms with E-state index in [1.54, 1.807) is 11.3 Å². The minimum Gasteiger partial charge on any atom is -0.348 e. The van der Waals surface area contributed by atoms with E-state index in [9.17, 15) is 4.79 Å². The molecule has 3 aliphatic rings. The molecule has 3 fully saturated rings. The number of thiophene rings is 1. The Kier molecular flexibility index (Phi) is 6.89. The summed E-state index contributed by atoms with van der Waals surface area (Å²) in [6.07, 6.45) is 10.5. The number of carbonyl (C=O) groups excluding carboxylic acids is 1. The van der Waals surface area contributed by atoms with Crippen LogP contribution >= 0.6 is 11.3 Å². The minimum absolute atomic E-state index is 0.142. The summed E-state index contributed by atoms with van der Waals surface area (Å²) in [5.74, 6) is 3.09. The van der Waals surface area contributed by atoms with E-state index in [4.69, 9.17) is 0 Å². The molecule has 1 saturated carbocycles. The Balaban J connectivity index is 1.24. The van der Waals surface area contributed by atoms with Crippen molar-refractivity contribution in [1.29, 1.82) is 0 Å². The molecule has 180 valence electrons. The van der Waals surface area contributed by atoms with Gasteiger partial charge in [0.1, 0.15) is 11.6 Å². The van der Waals surface area contributed by atoms with Gasteiger partial charge in [0.05, 0.1) is 6.04 Å². The Labute approximate surface area is 202 Å². The van der Waals surface area contributed by atoms with Crippen molar-refractivity contribution in [2.24, 2.45) is 5.92 Å². The average Bonchev–Trinajstić information content (AvgIpc) is 3.59. The normalized spacial score (nSPS) is 26.8. The zero-order valence-corrected chi connectivity index (χ0v) is 21.2. The van der Waals surface area contributed by atoms with Crippen LogP contribution in [-0.2, 0) is 4.79 Å². The Hall–Kier alpha value is -1.73. The molecular weight excluding hydrogens is 430 g/mol. The maximum absolute atomic E-state index is 12.9. The van der Waals surface area contributed by atoms with E-state index in [1.165, 1.54) is 43.4 Å². The zero-order valence-electron chi connectivity index (χ0n) is 20.4. The Morgan fingerprint density at radius 1 is 1.12 bits per heavy atom. The fraction of sp³-hybridized carbons (Fsp3) is 0.731. The summed E-state index contributed by atoms with van der Waals surface area (Å²) in [4.78, 5) is 17.0. The third-order valence-electron chi connectivity index (χ3n) is 8.24. The van der Waals surface area contributed by atoms with Crippen molar-refractivity contribution in [1.82, 2.24) is 25.0 Å². The number of piperidine rings is 1. The van der Waals surface area contributed by atoms with Gasteiger partial charge in [-0.3, -0.25) is 9.69 Å². The standard InChI is InChI=1S/C26H39N5OS/c1-17(2)25-29-28-18(3)31(25)22-15-20-10-11-21(16-22)30(20)13-12-23(24-9-6-14-33-24)27-26(32)19-7-4-5-8-19/h6,9,14,17,19-23H,4-5,7-8,10-13,15-16H2,1-3H3,(H,27,32). The van der Waals surface area contributed by atoms with Crippen LogP contribution in [0.4, 0.5) is 0 Å². The van der Waals surface area contributed by atoms with Gasteiger partial charge in [0.15, 0.2) is 0 Å². The largest absolute Gasteiger partial charge is 0.348 e. The second-order valence-electron chi connectivity index (χ2n) is 10.7. The van der Waals surface area contributed by atoms with Crippen LogP contribution < -0.4 is 5.32 Å². The van der Waals surface area contributed by atoms with Gasteiger partial charge in [-0.25, -0.2) is 0 Å². The van der Waals surface area contributed by atoms with Crippen LogP contribution in [0.3, 0.4) is 0 Å². The Morgan fingerprint density at radius 3 is 2.48 bits per heavy atom. The van der Waals surface area contributed by atoms with E-state index in [0.29, 0.717) is 24.0 Å². The van der Waals surface area contributed by atoms with Crippen molar-refractivity contribution in [3.05, 3.63) is 34.0 Å². The number of amides is 1. The maximum atomic E-state index is 12.9. The first kappa shape index (κ1) is 23.0. The van der Waals surface area contributed by atoms with Gasteiger partial charge in [0.2, 0.25) is 5.91 Å². The number of fused-ring (bicyclic) bond motifs is 2. The lowest BCUT2D eigenvalue weighted by Crippen LogP contribution is -2.45. The molecular formula is C26H39N5OS. The summed E-state index contributed by atoms with van der Waals surface area (Å²) in [7, 11) is 0. The monoisotopic (exact) mass is 469 g/mol. The Morgan fingerprint density at radius 2 is 1.85 bits per heavy atom. The lowest BCUT2D eigenvalue weighted by molar-refractivity contribution is -0.125. The molecule has 2 saturated heterocycles. The number of hydrogen-bond donors (Lipinski definition) is 1. The van der Waals surface area contributed by atoms with Gasteiger partial charge in [-0.15, -0.1) is 21.5 Å². The molecule has 4 heterocycles. The molecule has 3 atom stereocenters. The molecule has 2 bridgehead atoms. The fourth-order valence-corrected chi connectivity index (χ4v) is 7.40. The number of aryl methyl sites for hydroxylation is 1. The van der Waals surface area contributed by atoms with Crippen LogP contribution in [0.1, 0.15) is 106 Å². The quantitative estimate of drug-likeness (QED) is 0.564. The molecule has 0 aromatic carbocycles. The highest BCUT2D eigenvalue weighted by molar-refractivity contribution is 7.10. The molecule has 3 unspecified atom stereocenters. The van der Waals surface area contributed by atoms with Gasteiger partial charge in [0.25, 0.3) is 0 Å². The van der Waals surface area contributed by atoms with E-state index in [2.05, 4.69) is 63.3 Å². The van der Waals surface area contributed by atoms with Crippen LogP contribution in [0.15, 0.2) is 17.5 Å². The van der Waals surface area contributed by atoms with E-state index >= 15 is 0 Å². The van der Waals surface area contributed by atoms with Gasteiger partial charge in [0, 0.05) is 41.4 Å². The smallest absolute Gasteiger partial charge is 0.223 e. The van der Waals surface area contributed by atoms with E-state index in [-0.39, 0.29) is 17.9 Å². The Bertz CT molecular complexity index is 919. The molecule has 2 aromatic rings. The summed E-state index contributed by atoms with van der Waals surface area (Å²) in [5, 5.41) is 14.5. The summed E-state index contributed by atoms with van der Waals surface area (Å²) < 4.78 is 2.43. The maximum Gasteiger partial charge on any atom is 0.223 e. The molecule has 5 rings (SSSR count). The summed E-state index contributed by atoms with van der Waals surface area (Å²) in [6, 6.07) is 6.21. The van der Waals surface area contributed by atoms with Crippen molar-refractivity contribution >= 4 is 17.2 Å². The summed E-state index contributed by atoms with van der Waals surface area (Å²) in [6.45, 7) is 7.60. The number of rotatable bonds is 8. The van der Waals surface area contributed by atoms with Crippen LogP contribution in [-0.4, -0.2) is 44.2 Å². The van der Waals surface area contributed by atoms with Crippen molar-refractivity contribution in [2.45, 2.75) is 109 Å². The molecule has 1 amide bonds. The molecule has 1 N–H and O–H groups in total. The number of nitrogens with one attached hydrogen (secondary N) is 1. The number of aromatic nitrogens is 3. The second kappa shape index (κ2) is 9.87. The number of hydrogen-bond acceptors (Lipinski definition) is 5. The summed E-state index contributed by atoms with van der Waals surface area (Å²) in [5.41, 5.74) is 0. The van der Waals surface area contributed by atoms with Crippen molar-refractivity contribution in [3.63, 3.8) is 0 Å². The highest BCUT2D eigenvalue weighted by Crippen LogP contribution is 2.42. The van der Waals surface area contributed by atoms with Crippen LogP contribution in [0, 0.1) is 12.8 Å². The average molecular weight is 470 g/mol. The van der Waals surface area contributed by atoms with Gasteiger partial charge in [-0.05, 0) is 63.3 Å². The fourth-order valence-electron chi connectivity index (χ4n) is 6.58. The van der Waals surface area contributed by atoms with Gasteiger partial charge < -0.3 is 9.88 Å². The molecule has 6 nitrogen and oxygen atoms in total. The van der Waals surface area contributed by atoms with Gasteiger partial charge >= 0.3 is 0 Å². The molecule has 0 spiro atoms. The molecule has 7 heteroatoms. The van der Waals surface area contributed by atoms with E-state index < -0.39 is 0 Å². The minimum atomic E-state index is 0.142. The highest BCUT2D eigenvalue weighted by atomic mass is 32.1. The van der Waals surface area contributed by atoms with Crippen molar-refractivity contribution in [3.8, 4) is 0 Å². The SMILES string of the molecule is Cc1nnc(C(C)C)n1C1CC2CCC(C1)N2CCC(NC(=O)C1CCCC1)c1cccs1. The number of nitrogens with zero attached hydrogens (tertiary/aromatic N) is 4. The number of carbonyl (C=O) groups is 1. The molecule has 33 heavy (non-hydrogen) atoms. The third-order valence-corrected chi connectivity index (χ3v) is 9.22. The lowest BCUT2D eigenvalue weighted by Gasteiger charge is -2.40. The first-order chi connectivity index (χ1) is 16.0. The van der Waals surface area contributed by atoms with E-state index in [1.807, 2.05) is 0 Å². The van der Waals surface area contributed by atoms with Crippen LogP contribution in [0.25, 0.3) is 0 Å². The van der Waals surface area contributed by atoms with Gasteiger partial charge in [-0.1, -0.05) is 32.8 Å². The lowest BCUT2D eigenvalue weighted by atomic mass is 9.95. The predicted molar refractivity (Wildman–Crippen MR) is 132 cm³/mol. The third kappa shape index (κ3) is 4.76. The van der Waals surface area contributed by atoms with Crippen LogP contribution in [0.5, 0.6) is 0 Å². The molecule has 2 aliphatic heterocycles.